The molecule has 0 atom stereocenters. The largest absolute Gasteiger partial charge is 0.396 e. The van der Waals surface area contributed by atoms with E-state index >= 15 is 0 Å². The Balaban J connectivity index is 1.87. The van der Waals surface area contributed by atoms with Crippen LogP contribution < -0.4 is 0 Å². The summed E-state index contributed by atoms with van der Waals surface area (Å²) in [7, 11) is 0. The van der Waals surface area contributed by atoms with Crippen molar-refractivity contribution in [2.24, 2.45) is 11.3 Å². The molecule has 18 heavy (non-hydrogen) atoms. The molecule has 1 saturated heterocycles. The minimum atomic E-state index is 0.228. The molecule has 0 aromatic heterocycles. The van der Waals surface area contributed by atoms with Gasteiger partial charge in [0.25, 0.3) is 0 Å². The highest BCUT2D eigenvalue weighted by molar-refractivity contribution is 4.87. The Morgan fingerprint density at radius 1 is 1.00 bits per heavy atom. The highest BCUT2D eigenvalue weighted by atomic mass is 16.3. The Morgan fingerprint density at radius 3 is 2.11 bits per heavy atom. The van der Waals surface area contributed by atoms with Crippen LogP contribution in [0.5, 0.6) is 0 Å². The first-order valence-corrected chi connectivity index (χ1v) is 8.07. The van der Waals surface area contributed by atoms with Crippen LogP contribution in [-0.4, -0.2) is 36.2 Å². The fraction of sp³-hybridized carbons (Fsp3) is 1.00. The van der Waals surface area contributed by atoms with Crippen LogP contribution in [0.1, 0.15) is 64.7 Å². The van der Waals surface area contributed by atoms with E-state index in [-0.39, 0.29) is 5.41 Å². The van der Waals surface area contributed by atoms with Crippen molar-refractivity contribution in [1.82, 2.24) is 4.90 Å². The summed E-state index contributed by atoms with van der Waals surface area (Å²) in [5.74, 6) is 0.872. The van der Waals surface area contributed by atoms with Gasteiger partial charge in [0, 0.05) is 18.6 Å². The number of nitrogens with zero attached hydrogens (tertiary/aromatic N) is 1. The van der Waals surface area contributed by atoms with E-state index < -0.39 is 0 Å². The van der Waals surface area contributed by atoms with Gasteiger partial charge in [-0.25, -0.2) is 0 Å². The number of rotatable bonds is 3. The third-order valence-corrected chi connectivity index (χ3v) is 5.18. The molecule has 1 heterocycles. The fourth-order valence-electron chi connectivity index (χ4n) is 3.69. The SMILES string of the molecule is CC1CCC(CO)(CN2CCCCCCC2)CC1. The zero-order valence-electron chi connectivity index (χ0n) is 12.2. The monoisotopic (exact) mass is 253 g/mol. The Hall–Kier alpha value is -0.0800. The number of hydrogen-bond donors (Lipinski definition) is 1. The molecule has 2 aliphatic rings. The van der Waals surface area contributed by atoms with E-state index in [1.54, 1.807) is 0 Å². The van der Waals surface area contributed by atoms with Crippen molar-refractivity contribution < 1.29 is 5.11 Å². The molecule has 2 rings (SSSR count). The van der Waals surface area contributed by atoms with Crippen LogP contribution in [0.3, 0.4) is 0 Å². The van der Waals surface area contributed by atoms with E-state index in [4.69, 9.17) is 0 Å². The van der Waals surface area contributed by atoms with Gasteiger partial charge in [-0.05, 0) is 44.7 Å². The molecule has 0 amide bonds. The van der Waals surface area contributed by atoms with Crippen molar-refractivity contribution in [1.29, 1.82) is 0 Å². The minimum Gasteiger partial charge on any atom is -0.396 e. The van der Waals surface area contributed by atoms with E-state index in [1.807, 2.05) is 0 Å². The van der Waals surface area contributed by atoms with Gasteiger partial charge in [-0.15, -0.1) is 0 Å². The summed E-state index contributed by atoms with van der Waals surface area (Å²) < 4.78 is 0. The lowest BCUT2D eigenvalue weighted by molar-refractivity contribution is 0.0271. The van der Waals surface area contributed by atoms with E-state index in [9.17, 15) is 5.11 Å². The fourth-order valence-corrected chi connectivity index (χ4v) is 3.69. The summed E-state index contributed by atoms with van der Waals surface area (Å²) in [6.45, 7) is 6.43. The quantitative estimate of drug-likeness (QED) is 0.833. The zero-order chi connectivity index (χ0) is 12.8. The maximum atomic E-state index is 9.86. The van der Waals surface area contributed by atoms with Crippen LogP contribution in [0.2, 0.25) is 0 Å². The highest BCUT2D eigenvalue weighted by Gasteiger charge is 2.35. The van der Waals surface area contributed by atoms with Crippen LogP contribution in [0.25, 0.3) is 0 Å². The first-order chi connectivity index (χ1) is 8.74. The lowest BCUT2D eigenvalue weighted by atomic mass is 9.71. The number of likely N-dealkylation sites (tertiary alicyclic amines) is 1. The van der Waals surface area contributed by atoms with Crippen molar-refractivity contribution in [3.05, 3.63) is 0 Å². The first kappa shape index (κ1) is 14.3. The summed E-state index contributed by atoms with van der Waals surface area (Å²) in [5.41, 5.74) is 0.228. The highest BCUT2D eigenvalue weighted by Crippen LogP contribution is 2.39. The van der Waals surface area contributed by atoms with Crippen molar-refractivity contribution in [3.63, 3.8) is 0 Å². The van der Waals surface area contributed by atoms with Crippen molar-refractivity contribution in [3.8, 4) is 0 Å². The third-order valence-electron chi connectivity index (χ3n) is 5.18. The zero-order valence-corrected chi connectivity index (χ0v) is 12.2. The molecular formula is C16H31NO. The van der Waals surface area contributed by atoms with Gasteiger partial charge in [0.05, 0.1) is 0 Å². The van der Waals surface area contributed by atoms with Gasteiger partial charge in [0.15, 0.2) is 0 Å². The Labute approximate surface area is 113 Å². The topological polar surface area (TPSA) is 23.5 Å². The third kappa shape index (κ3) is 3.96. The first-order valence-electron chi connectivity index (χ1n) is 8.07. The van der Waals surface area contributed by atoms with Gasteiger partial charge in [-0.3, -0.25) is 0 Å². The predicted octanol–water partition coefficient (Wildman–Crippen LogP) is 3.44. The van der Waals surface area contributed by atoms with Crippen LogP contribution in [0.4, 0.5) is 0 Å². The lowest BCUT2D eigenvalue weighted by Gasteiger charge is -2.42. The molecule has 1 saturated carbocycles. The predicted molar refractivity (Wildman–Crippen MR) is 76.7 cm³/mol. The van der Waals surface area contributed by atoms with E-state index in [2.05, 4.69) is 11.8 Å². The maximum absolute atomic E-state index is 9.86. The Kier molecular flexibility index (Phi) is 5.50. The summed E-state index contributed by atoms with van der Waals surface area (Å²) >= 11 is 0. The van der Waals surface area contributed by atoms with Crippen LogP contribution in [-0.2, 0) is 0 Å². The van der Waals surface area contributed by atoms with Gasteiger partial charge in [0.2, 0.25) is 0 Å². The van der Waals surface area contributed by atoms with Crippen LogP contribution in [0, 0.1) is 11.3 Å². The molecule has 0 bridgehead atoms. The summed E-state index contributed by atoms with van der Waals surface area (Å²) in [4.78, 5) is 2.64. The molecule has 1 aliphatic carbocycles. The molecule has 1 N–H and O–H groups in total. The summed E-state index contributed by atoms with van der Waals surface area (Å²) in [6.07, 6.45) is 12.1. The molecule has 0 aromatic carbocycles. The lowest BCUT2D eigenvalue weighted by Crippen LogP contribution is -2.43. The van der Waals surface area contributed by atoms with Gasteiger partial charge in [-0.1, -0.05) is 39.0 Å². The van der Waals surface area contributed by atoms with Gasteiger partial charge in [0.1, 0.15) is 0 Å². The normalized spacial score (nSPS) is 36.0. The smallest absolute Gasteiger partial charge is 0.0499 e. The average Bonchev–Trinajstić information content (AvgIpc) is 2.36. The molecule has 0 spiro atoms. The van der Waals surface area contributed by atoms with Crippen molar-refractivity contribution in [2.45, 2.75) is 64.7 Å². The molecule has 106 valence electrons. The number of hydrogen-bond acceptors (Lipinski definition) is 2. The maximum Gasteiger partial charge on any atom is 0.0499 e. The average molecular weight is 253 g/mol. The molecule has 2 fully saturated rings. The van der Waals surface area contributed by atoms with Crippen LogP contribution in [0.15, 0.2) is 0 Å². The van der Waals surface area contributed by atoms with Gasteiger partial charge < -0.3 is 10.0 Å². The van der Waals surface area contributed by atoms with E-state index in [1.165, 1.54) is 70.9 Å². The Bertz CT molecular complexity index is 225. The van der Waals surface area contributed by atoms with E-state index in [0.717, 1.165) is 12.5 Å². The van der Waals surface area contributed by atoms with Crippen molar-refractivity contribution in [2.75, 3.05) is 26.2 Å². The second-order valence-corrected chi connectivity index (χ2v) is 6.88. The standard InChI is InChI=1S/C16H31NO/c1-15-7-9-16(14-18,10-8-15)13-17-11-5-3-2-4-6-12-17/h15,18H,2-14H2,1H3. The van der Waals surface area contributed by atoms with Gasteiger partial charge in [-0.2, -0.15) is 0 Å². The molecule has 2 nitrogen and oxygen atoms in total. The van der Waals surface area contributed by atoms with Gasteiger partial charge >= 0.3 is 0 Å². The second-order valence-electron chi connectivity index (χ2n) is 6.88. The summed E-state index contributed by atoms with van der Waals surface area (Å²) in [5, 5.41) is 9.86. The second kappa shape index (κ2) is 6.91. The number of aliphatic hydroxyl groups excluding tert-OH is 1. The van der Waals surface area contributed by atoms with E-state index in [0.29, 0.717) is 6.61 Å². The molecule has 0 unspecified atom stereocenters. The summed E-state index contributed by atoms with van der Waals surface area (Å²) in [6, 6.07) is 0. The molecular weight excluding hydrogens is 222 g/mol. The molecule has 0 aromatic rings. The number of aliphatic hydroxyl groups is 1. The minimum absolute atomic E-state index is 0.228. The van der Waals surface area contributed by atoms with Crippen molar-refractivity contribution >= 4 is 0 Å². The van der Waals surface area contributed by atoms with Crippen LogP contribution >= 0.6 is 0 Å². The molecule has 2 heteroatoms. The molecule has 0 radical (unpaired) electrons. The molecule has 1 aliphatic heterocycles. The Morgan fingerprint density at radius 2 is 1.56 bits per heavy atom.